The lowest BCUT2D eigenvalue weighted by atomic mass is 9.98. The van der Waals surface area contributed by atoms with Crippen LogP contribution in [-0.2, 0) is 16.0 Å². The summed E-state index contributed by atoms with van der Waals surface area (Å²) in [6.07, 6.45) is 3.19. The fraction of sp³-hybridized carbons (Fsp3) is 0.471. The Kier molecular flexibility index (Phi) is 4.07. The number of hydrogen-bond donors (Lipinski definition) is 2. The molecular weight excluding hydrogens is 296 g/mol. The van der Waals surface area contributed by atoms with E-state index in [0.29, 0.717) is 31.2 Å². The highest BCUT2D eigenvalue weighted by molar-refractivity contribution is 5.99. The molecular formula is C17H20N2O4. The maximum atomic E-state index is 12.4. The minimum atomic E-state index is -0.849. The highest BCUT2D eigenvalue weighted by Crippen LogP contribution is 2.29. The molecule has 0 aromatic heterocycles. The van der Waals surface area contributed by atoms with E-state index in [4.69, 9.17) is 0 Å². The molecule has 0 spiro atoms. The van der Waals surface area contributed by atoms with Crippen LogP contribution in [0, 0.1) is 5.92 Å². The SMILES string of the molecule is CN1C(=O)CCc2cc(C(=O)N[C@@H]3CCC[C@@H]3C(=O)O)ccc21. The van der Waals surface area contributed by atoms with Crippen molar-refractivity contribution in [3.63, 3.8) is 0 Å². The topological polar surface area (TPSA) is 86.7 Å². The number of carbonyl (C=O) groups excluding carboxylic acids is 2. The second-order valence-corrected chi connectivity index (χ2v) is 6.25. The lowest BCUT2D eigenvalue weighted by molar-refractivity contribution is -0.142. The van der Waals surface area contributed by atoms with Gasteiger partial charge < -0.3 is 15.3 Å². The Balaban J connectivity index is 1.76. The molecule has 2 amide bonds. The number of amides is 2. The van der Waals surface area contributed by atoms with Gasteiger partial charge in [0.2, 0.25) is 5.91 Å². The fourth-order valence-electron chi connectivity index (χ4n) is 3.48. The molecule has 0 unspecified atom stereocenters. The van der Waals surface area contributed by atoms with Crippen molar-refractivity contribution in [2.75, 3.05) is 11.9 Å². The number of rotatable bonds is 3. The van der Waals surface area contributed by atoms with Gasteiger partial charge in [0.05, 0.1) is 5.92 Å². The van der Waals surface area contributed by atoms with Gasteiger partial charge in [0.25, 0.3) is 5.91 Å². The van der Waals surface area contributed by atoms with E-state index in [1.165, 1.54) is 0 Å². The third-order valence-corrected chi connectivity index (χ3v) is 4.83. The minimum Gasteiger partial charge on any atom is -0.481 e. The lowest BCUT2D eigenvalue weighted by Gasteiger charge is -2.26. The van der Waals surface area contributed by atoms with E-state index in [1.54, 1.807) is 30.1 Å². The van der Waals surface area contributed by atoms with Crippen LogP contribution in [0.25, 0.3) is 0 Å². The maximum Gasteiger partial charge on any atom is 0.308 e. The summed E-state index contributed by atoms with van der Waals surface area (Å²) in [6, 6.07) is 4.97. The summed E-state index contributed by atoms with van der Waals surface area (Å²) in [5.74, 6) is -1.52. The zero-order valence-electron chi connectivity index (χ0n) is 13.0. The zero-order valence-corrected chi connectivity index (χ0v) is 13.0. The van der Waals surface area contributed by atoms with Gasteiger partial charge in [-0.15, -0.1) is 0 Å². The van der Waals surface area contributed by atoms with Crippen LogP contribution in [0.1, 0.15) is 41.6 Å². The van der Waals surface area contributed by atoms with Gasteiger partial charge in [-0.05, 0) is 43.0 Å². The smallest absolute Gasteiger partial charge is 0.308 e. The summed E-state index contributed by atoms with van der Waals surface area (Å²) in [5, 5.41) is 12.0. The van der Waals surface area contributed by atoms with Gasteiger partial charge in [-0.1, -0.05) is 6.42 Å². The van der Waals surface area contributed by atoms with Gasteiger partial charge in [0.15, 0.2) is 0 Å². The monoisotopic (exact) mass is 316 g/mol. The molecule has 1 aliphatic carbocycles. The third kappa shape index (κ3) is 2.93. The van der Waals surface area contributed by atoms with Crippen molar-refractivity contribution in [2.45, 2.75) is 38.1 Å². The Morgan fingerprint density at radius 2 is 2.04 bits per heavy atom. The summed E-state index contributed by atoms with van der Waals surface area (Å²) >= 11 is 0. The van der Waals surface area contributed by atoms with Crippen LogP contribution in [0.5, 0.6) is 0 Å². The normalized spacial score (nSPS) is 23.5. The molecule has 2 N–H and O–H groups in total. The number of hydrogen-bond acceptors (Lipinski definition) is 3. The molecule has 3 rings (SSSR count). The van der Waals surface area contributed by atoms with Crippen LogP contribution < -0.4 is 10.2 Å². The average molecular weight is 316 g/mol. The van der Waals surface area contributed by atoms with Crippen LogP contribution in [-0.4, -0.2) is 36.0 Å². The van der Waals surface area contributed by atoms with E-state index in [9.17, 15) is 19.5 Å². The van der Waals surface area contributed by atoms with Crippen molar-refractivity contribution in [2.24, 2.45) is 5.92 Å². The van der Waals surface area contributed by atoms with E-state index < -0.39 is 11.9 Å². The molecule has 0 saturated heterocycles. The number of aliphatic carboxylic acids is 1. The molecule has 1 aliphatic heterocycles. The van der Waals surface area contributed by atoms with Gasteiger partial charge in [-0.25, -0.2) is 0 Å². The van der Waals surface area contributed by atoms with Crippen LogP contribution in [0.4, 0.5) is 5.69 Å². The van der Waals surface area contributed by atoms with Crippen LogP contribution in [0.2, 0.25) is 0 Å². The average Bonchev–Trinajstić information content (AvgIpc) is 2.99. The second kappa shape index (κ2) is 6.02. The molecule has 1 saturated carbocycles. The highest BCUT2D eigenvalue weighted by atomic mass is 16.4. The number of benzene rings is 1. The van der Waals surface area contributed by atoms with E-state index in [0.717, 1.165) is 17.7 Å². The number of nitrogens with zero attached hydrogens (tertiary/aromatic N) is 1. The Bertz CT molecular complexity index is 671. The summed E-state index contributed by atoms with van der Waals surface area (Å²) in [6.45, 7) is 0. The Labute approximate surface area is 134 Å². The third-order valence-electron chi connectivity index (χ3n) is 4.83. The lowest BCUT2D eigenvalue weighted by Crippen LogP contribution is -2.40. The Morgan fingerprint density at radius 3 is 2.78 bits per heavy atom. The summed E-state index contributed by atoms with van der Waals surface area (Å²) in [4.78, 5) is 36.9. The van der Waals surface area contributed by atoms with Crippen molar-refractivity contribution in [3.8, 4) is 0 Å². The molecule has 1 aromatic carbocycles. The predicted octanol–water partition coefficient (Wildman–Crippen LogP) is 1.58. The molecule has 23 heavy (non-hydrogen) atoms. The zero-order chi connectivity index (χ0) is 16.6. The molecule has 6 nitrogen and oxygen atoms in total. The van der Waals surface area contributed by atoms with Crippen molar-refractivity contribution >= 4 is 23.5 Å². The van der Waals surface area contributed by atoms with Crippen LogP contribution in [0.15, 0.2) is 18.2 Å². The molecule has 6 heteroatoms. The van der Waals surface area contributed by atoms with E-state index in [-0.39, 0.29) is 17.9 Å². The second-order valence-electron chi connectivity index (χ2n) is 6.25. The van der Waals surface area contributed by atoms with Gasteiger partial charge in [-0.3, -0.25) is 14.4 Å². The first kappa shape index (κ1) is 15.5. The number of fused-ring (bicyclic) bond motifs is 1. The first-order valence-corrected chi connectivity index (χ1v) is 7.90. The number of anilines is 1. The van der Waals surface area contributed by atoms with Crippen molar-refractivity contribution in [3.05, 3.63) is 29.3 Å². The minimum absolute atomic E-state index is 0.0740. The molecule has 0 radical (unpaired) electrons. The van der Waals surface area contributed by atoms with E-state index in [2.05, 4.69) is 5.32 Å². The largest absolute Gasteiger partial charge is 0.481 e. The molecule has 0 bridgehead atoms. The van der Waals surface area contributed by atoms with Gasteiger partial charge in [-0.2, -0.15) is 0 Å². The van der Waals surface area contributed by atoms with Gasteiger partial charge >= 0.3 is 5.97 Å². The summed E-state index contributed by atoms with van der Waals surface area (Å²) in [7, 11) is 1.73. The van der Waals surface area contributed by atoms with E-state index in [1.807, 2.05) is 0 Å². The summed E-state index contributed by atoms with van der Waals surface area (Å²) in [5.41, 5.74) is 2.32. The van der Waals surface area contributed by atoms with Crippen LogP contribution >= 0.6 is 0 Å². The predicted molar refractivity (Wildman–Crippen MR) is 84.4 cm³/mol. The molecule has 1 fully saturated rings. The number of carbonyl (C=O) groups is 3. The number of carboxylic acids is 1. The molecule has 122 valence electrons. The molecule has 2 atom stereocenters. The van der Waals surface area contributed by atoms with E-state index >= 15 is 0 Å². The quantitative estimate of drug-likeness (QED) is 0.886. The molecule has 1 aromatic rings. The van der Waals surface area contributed by atoms with Crippen LogP contribution in [0.3, 0.4) is 0 Å². The number of nitrogens with one attached hydrogen (secondary N) is 1. The van der Waals surface area contributed by atoms with Crippen molar-refractivity contribution < 1.29 is 19.5 Å². The molecule has 2 aliphatic rings. The first-order valence-electron chi connectivity index (χ1n) is 7.90. The van der Waals surface area contributed by atoms with Crippen molar-refractivity contribution in [1.29, 1.82) is 0 Å². The first-order chi connectivity index (χ1) is 11.0. The standard InChI is InChI=1S/C17H20N2O4/c1-19-14-7-5-11(9-10(14)6-8-15(19)20)16(21)18-13-4-2-3-12(13)17(22)23/h5,7,9,12-13H,2-4,6,8H2,1H3,(H,18,21)(H,22,23)/t12-,13+/m0/s1. The maximum absolute atomic E-state index is 12.4. The number of aryl methyl sites for hydroxylation is 1. The Hall–Kier alpha value is -2.37. The molecule has 1 heterocycles. The number of carboxylic acid groups (broad SMARTS) is 1. The van der Waals surface area contributed by atoms with Crippen molar-refractivity contribution in [1.82, 2.24) is 5.32 Å². The Morgan fingerprint density at radius 1 is 1.26 bits per heavy atom. The highest BCUT2D eigenvalue weighted by Gasteiger charge is 2.34. The fourth-order valence-corrected chi connectivity index (χ4v) is 3.48. The summed E-state index contributed by atoms with van der Waals surface area (Å²) < 4.78 is 0. The van der Waals surface area contributed by atoms with Gasteiger partial charge in [0.1, 0.15) is 0 Å². The van der Waals surface area contributed by atoms with Gasteiger partial charge in [0, 0.05) is 30.8 Å².